The van der Waals surface area contributed by atoms with Gasteiger partial charge in [-0.15, -0.1) is 12.4 Å². The maximum Gasteiger partial charge on any atom is 0.405 e. The Balaban J connectivity index is 0. The summed E-state index contributed by atoms with van der Waals surface area (Å²) in [5.41, 5.74) is 5.42. The molecule has 0 aliphatic heterocycles. The quantitative estimate of drug-likeness (QED) is 0.791. The van der Waals surface area contributed by atoms with Crippen LogP contribution in [0, 0.1) is 5.92 Å². The number of hydrogen-bond acceptors (Lipinski definition) is 2. The number of carbonyl (C=O) groups is 1. The van der Waals surface area contributed by atoms with Gasteiger partial charge in [0.1, 0.15) is 6.54 Å². The van der Waals surface area contributed by atoms with Crippen molar-refractivity contribution >= 4 is 18.3 Å². The molecule has 1 amide bonds. The highest BCUT2D eigenvalue weighted by Gasteiger charge is 2.29. The Kier molecular flexibility index (Phi) is 7.78. The maximum atomic E-state index is 11.7. The van der Waals surface area contributed by atoms with Gasteiger partial charge in [0.25, 0.3) is 0 Å². The maximum absolute atomic E-state index is 11.7. The van der Waals surface area contributed by atoms with Crippen LogP contribution in [0.5, 0.6) is 0 Å². The van der Waals surface area contributed by atoms with Gasteiger partial charge in [0.15, 0.2) is 0 Å². The van der Waals surface area contributed by atoms with Gasteiger partial charge in [-0.1, -0.05) is 20.3 Å². The van der Waals surface area contributed by atoms with Gasteiger partial charge in [0.2, 0.25) is 5.91 Å². The van der Waals surface area contributed by atoms with E-state index in [0.717, 1.165) is 0 Å². The zero-order valence-corrected chi connectivity index (χ0v) is 9.41. The highest BCUT2D eigenvalue weighted by atomic mass is 35.5. The molecule has 0 rings (SSSR count). The van der Waals surface area contributed by atoms with E-state index in [1.807, 2.05) is 6.92 Å². The van der Waals surface area contributed by atoms with Crippen molar-refractivity contribution in [3.05, 3.63) is 0 Å². The van der Waals surface area contributed by atoms with Crippen LogP contribution < -0.4 is 11.1 Å². The first kappa shape index (κ1) is 16.9. The van der Waals surface area contributed by atoms with E-state index in [4.69, 9.17) is 5.73 Å². The van der Waals surface area contributed by atoms with E-state index in [9.17, 15) is 18.0 Å². The summed E-state index contributed by atoms with van der Waals surface area (Å²) in [6, 6.07) is -0.873. The summed E-state index contributed by atoms with van der Waals surface area (Å²) in [6.07, 6.45) is -3.73. The van der Waals surface area contributed by atoms with E-state index < -0.39 is 24.7 Å². The van der Waals surface area contributed by atoms with Crippen molar-refractivity contribution in [1.82, 2.24) is 5.32 Å². The lowest BCUT2D eigenvalue weighted by molar-refractivity contribution is -0.139. The predicted octanol–water partition coefficient (Wildman–Crippen LogP) is 1.46. The lowest BCUT2D eigenvalue weighted by Crippen LogP contribution is -2.47. The standard InChI is InChI=1S/C8H15F3N2O.ClH/c1-3-5(2)6(12)7(14)13-4-8(9,10)11;/h5-6H,3-4,12H2,1-2H3,(H,13,14);1H. The Labute approximate surface area is 93.0 Å². The molecule has 0 saturated carbocycles. The molecule has 2 unspecified atom stereocenters. The van der Waals surface area contributed by atoms with Gasteiger partial charge >= 0.3 is 6.18 Å². The first-order valence-corrected chi connectivity index (χ1v) is 4.38. The molecule has 0 heterocycles. The van der Waals surface area contributed by atoms with Gasteiger partial charge in [-0.3, -0.25) is 4.79 Å². The fourth-order valence-electron chi connectivity index (χ4n) is 0.818. The van der Waals surface area contributed by atoms with Gasteiger partial charge in [-0.25, -0.2) is 0 Å². The molecule has 0 aliphatic rings. The Hall–Kier alpha value is -0.490. The third kappa shape index (κ3) is 7.44. The second-order valence-electron chi connectivity index (χ2n) is 3.24. The normalized spacial score (nSPS) is 15.1. The largest absolute Gasteiger partial charge is 0.405 e. The fourth-order valence-corrected chi connectivity index (χ4v) is 0.818. The Bertz CT molecular complexity index is 199. The van der Waals surface area contributed by atoms with Gasteiger partial charge in [-0.05, 0) is 5.92 Å². The van der Waals surface area contributed by atoms with Crippen LogP contribution in [-0.2, 0) is 4.79 Å². The molecule has 0 bridgehead atoms. The molecular formula is C8H16ClF3N2O. The predicted molar refractivity (Wildman–Crippen MR) is 53.7 cm³/mol. The zero-order valence-electron chi connectivity index (χ0n) is 8.60. The van der Waals surface area contributed by atoms with E-state index >= 15 is 0 Å². The van der Waals surface area contributed by atoms with Crippen molar-refractivity contribution in [3.8, 4) is 0 Å². The minimum Gasteiger partial charge on any atom is -0.346 e. The second-order valence-corrected chi connectivity index (χ2v) is 3.24. The van der Waals surface area contributed by atoms with Crippen LogP contribution in [0.3, 0.4) is 0 Å². The monoisotopic (exact) mass is 248 g/mol. The molecule has 0 aromatic heterocycles. The van der Waals surface area contributed by atoms with Crippen LogP contribution in [0.2, 0.25) is 0 Å². The van der Waals surface area contributed by atoms with Crippen molar-refractivity contribution in [1.29, 1.82) is 0 Å². The molecule has 0 fully saturated rings. The van der Waals surface area contributed by atoms with Crippen molar-refractivity contribution in [2.75, 3.05) is 6.54 Å². The van der Waals surface area contributed by atoms with E-state index in [2.05, 4.69) is 0 Å². The van der Waals surface area contributed by atoms with Gasteiger partial charge in [-0.2, -0.15) is 13.2 Å². The number of nitrogens with two attached hydrogens (primary N) is 1. The number of alkyl halides is 3. The SMILES string of the molecule is CCC(C)C(N)C(=O)NCC(F)(F)F.Cl. The molecule has 0 spiro atoms. The summed E-state index contributed by atoms with van der Waals surface area (Å²) in [4.78, 5) is 11.1. The molecule has 3 nitrogen and oxygen atoms in total. The smallest absolute Gasteiger partial charge is 0.346 e. The molecule has 92 valence electrons. The van der Waals surface area contributed by atoms with E-state index in [1.54, 1.807) is 12.2 Å². The Morgan fingerprint density at radius 2 is 1.93 bits per heavy atom. The van der Waals surface area contributed by atoms with Crippen molar-refractivity contribution in [2.45, 2.75) is 32.5 Å². The van der Waals surface area contributed by atoms with Crippen LogP contribution in [0.25, 0.3) is 0 Å². The number of halogens is 4. The highest BCUT2D eigenvalue weighted by Crippen LogP contribution is 2.12. The molecule has 7 heteroatoms. The minimum atomic E-state index is -4.38. The number of nitrogens with one attached hydrogen (secondary N) is 1. The van der Waals surface area contributed by atoms with Crippen LogP contribution in [0.4, 0.5) is 13.2 Å². The fraction of sp³-hybridized carbons (Fsp3) is 0.875. The summed E-state index contributed by atoms with van der Waals surface area (Å²) in [5, 5.41) is 1.75. The molecule has 0 radical (unpaired) electrons. The van der Waals surface area contributed by atoms with Crippen molar-refractivity contribution in [3.63, 3.8) is 0 Å². The Morgan fingerprint density at radius 1 is 1.47 bits per heavy atom. The van der Waals surface area contributed by atoms with Gasteiger partial charge < -0.3 is 11.1 Å². The van der Waals surface area contributed by atoms with Crippen LogP contribution in [0.1, 0.15) is 20.3 Å². The van der Waals surface area contributed by atoms with Crippen LogP contribution >= 0.6 is 12.4 Å². The first-order valence-electron chi connectivity index (χ1n) is 4.38. The van der Waals surface area contributed by atoms with Crippen LogP contribution in [-0.4, -0.2) is 24.7 Å². The van der Waals surface area contributed by atoms with E-state index in [-0.39, 0.29) is 18.3 Å². The molecule has 15 heavy (non-hydrogen) atoms. The minimum absolute atomic E-state index is 0. The average Bonchev–Trinajstić information content (AvgIpc) is 2.10. The molecular weight excluding hydrogens is 233 g/mol. The molecule has 0 aromatic rings. The lowest BCUT2D eigenvalue weighted by Gasteiger charge is -2.18. The first-order chi connectivity index (χ1) is 6.28. The number of rotatable bonds is 4. The molecule has 0 aliphatic carbocycles. The third-order valence-corrected chi connectivity index (χ3v) is 2.02. The van der Waals surface area contributed by atoms with E-state index in [0.29, 0.717) is 6.42 Å². The molecule has 0 aromatic carbocycles. The van der Waals surface area contributed by atoms with Crippen molar-refractivity contribution in [2.24, 2.45) is 11.7 Å². The second kappa shape index (κ2) is 6.90. The zero-order chi connectivity index (χ0) is 11.4. The number of hydrogen-bond donors (Lipinski definition) is 2. The average molecular weight is 249 g/mol. The van der Waals surface area contributed by atoms with Crippen LogP contribution in [0.15, 0.2) is 0 Å². The Morgan fingerprint density at radius 3 is 2.27 bits per heavy atom. The van der Waals surface area contributed by atoms with Crippen molar-refractivity contribution < 1.29 is 18.0 Å². The molecule has 3 N–H and O–H groups in total. The number of amides is 1. The number of carbonyl (C=O) groups excluding carboxylic acids is 1. The molecule has 0 saturated heterocycles. The lowest BCUT2D eigenvalue weighted by atomic mass is 9.99. The van der Waals surface area contributed by atoms with E-state index in [1.165, 1.54) is 0 Å². The van der Waals surface area contributed by atoms with Gasteiger partial charge in [0.05, 0.1) is 6.04 Å². The highest BCUT2D eigenvalue weighted by molar-refractivity contribution is 5.85. The summed E-state index contributed by atoms with van der Waals surface area (Å²) >= 11 is 0. The topological polar surface area (TPSA) is 55.1 Å². The summed E-state index contributed by atoms with van der Waals surface area (Å²) in [5.74, 6) is -0.875. The summed E-state index contributed by atoms with van der Waals surface area (Å²) < 4.78 is 35.1. The summed E-state index contributed by atoms with van der Waals surface area (Å²) in [7, 11) is 0. The summed E-state index contributed by atoms with van der Waals surface area (Å²) in [6.45, 7) is 2.22. The molecule has 2 atom stereocenters. The third-order valence-electron chi connectivity index (χ3n) is 2.02. The van der Waals surface area contributed by atoms with Gasteiger partial charge in [0, 0.05) is 0 Å².